The first kappa shape index (κ1) is 16.3. The van der Waals surface area contributed by atoms with E-state index in [9.17, 15) is 18.0 Å². The second-order valence-corrected chi connectivity index (χ2v) is 4.47. The number of aromatic carboxylic acids is 1. The largest absolute Gasteiger partial charge is 0.478 e. The molecule has 0 radical (unpaired) electrons. The predicted octanol–water partition coefficient (Wildman–Crippen LogP) is 4.03. The zero-order chi connectivity index (χ0) is 15.3. The first-order chi connectivity index (χ1) is 9.31. The minimum atomic E-state index is -4.54. The number of alkyl halides is 3. The van der Waals surface area contributed by atoms with Gasteiger partial charge in [-0.1, -0.05) is 13.3 Å². The summed E-state index contributed by atoms with van der Waals surface area (Å²) in [6, 6.07) is 2.87. The van der Waals surface area contributed by atoms with Gasteiger partial charge in [-0.05, 0) is 31.5 Å². The lowest BCUT2D eigenvalue weighted by molar-refractivity contribution is -0.137. The lowest BCUT2D eigenvalue weighted by Gasteiger charge is -2.25. The fraction of sp³-hybridized carbons (Fsp3) is 0.500. The molecule has 0 saturated heterocycles. The molecular weight excluding hydrogens is 271 g/mol. The molecule has 20 heavy (non-hydrogen) atoms. The lowest BCUT2D eigenvalue weighted by atomic mass is 10.1. The molecule has 0 heterocycles. The Morgan fingerprint density at radius 1 is 1.30 bits per heavy atom. The third-order valence-electron chi connectivity index (χ3n) is 3.06. The average Bonchev–Trinajstić information content (AvgIpc) is 2.38. The summed E-state index contributed by atoms with van der Waals surface area (Å²) in [5.41, 5.74) is -0.913. The van der Waals surface area contributed by atoms with Crippen LogP contribution in [0.15, 0.2) is 18.2 Å². The van der Waals surface area contributed by atoms with Gasteiger partial charge in [0.05, 0.1) is 16.8 Å². The average molecular weight is 289 g/mol. The fourth-order valence-electron chi connectivity index (χ4n) is 1.96. The van der Waals surface area contributed by atoms with Crippen molar-refractivity contribution in [2.75, 3.05) is 18.0 Å². The van der Waals surface area contributed by atoms with Crippen LogP contribution in [0.2, 0.25) is 0 Å². The van der Waals surface area contributed by atoms with E-state index in [1.54, 1.807) is 4.90 Å². The number of carbonyl (C=O) groups is 1. The molecule has 0 fully saturated rings. The monoisotopic (exact) mass is 289 g/mol. The minimum Gasteiger partial charge on any atom is -0.478 e. The second kappa shape index (κ2) is 6.63. The van der Waals surface area contributed by atoms with Crippen molar-refractivity contribution in [1.29, 1.82) is 0 Å². The Hall–Kier alpha value is -1.72. The van der Waals surface area contributed by atoms with Crippen LogP contribution in [-0.4, -0.2) is 24.2 Å². The van der Waals surface area contributed by atoms with Gasteiger partial charge in [0, 0.05) is 13.1 Å². The van der Waals surface area contributed by atoms with Crippen molar-refractivity contribution in [1.82, 2.24) is 0 Å². The van der Waals surface area contributed by atoms with Gasteiger partial charge in [-0.15, -0.1) is 0 Å². The first-order valence-corrected chi connectivity index (χ1v) is 6.50. The van der Waals surface area contributed by atoms with Crippen LogP contribution in [0.3, 0.4) is 0 Å². The predicted molar refractivity (Wildman–Crippen MR) is 71.2 cm³/mol. The molecule has 0 atom stereocenters. The first-order valence-electron chi connectivity index (χ1n) is 6.50. The van der Waals surface area contributed by atoms with E-state index in [1.807, 2.05) is 13.8 Å². The van der Waals surface area contributed by atoms with Crippen molar-refractivity contribution in [2.45, 2.75) is 32.9 Å². The summed E-state index contributed by atoms with van der Waals surface area (Å²) in [6.07, 6.45) is -2.75. The standard InChI is InChI=1S/C14H18F3NO2/c1-3-5-8-18(4-2)12-7-6-10(14(15,16)17)9-11(12)13(19)20/h6-7,9H,3-5,8H2,1-2H3,(H,19,20). The van der Waals surface area contributed by atoms with Crippen LogP contribution in [0.4, 0.5) is 18.9 Å². The van der Waals surface area contributed by atoms with Gasteiger partial charge in [0.2, 0.25) is 0 Å². The van der Waals surface area contributed by atoms with Gasteiger partial charge in [-0.3, -0.25) is 0 Å². The molecule has 0 aromatic heterocycles. The van der Waals surface area contributed by atoms with Crippen LogP contribution in [-0.2, 0) is 6.18 Å². The van der Waals surface area contributed by atoms with E-state index in [0.29, 0.717) is 24.8 Å². The number of nitrogens with zero attached hydrogens (tertiary/aromatic N) is 1. The molecular formula is C14H18F3NO2. The SMILES string of the molecule is CCCCN(CC)c1ccc(C(F)(F)F)cc1C(=O)O. The van der Waals surface area contributed by atoms with E-state index in [4.69, 9.17) is 5.11 Å². The molecule has 0 bridgehead atoms. The summed E-state index contributed by atoms with van der Waals surface area (Å²) in [6.45, 7) is 5.02. The Balaban J connectivity index is 3.22. The molecule has 1 aromatic rings. The third-order valence-corrected chi connectivity index (χ3v) is 3.06. The van der Waals surface area contributed by atoms with Gasteiger partial charge in [0.15, 0.2) is 0 Å². The van der Waals surface area contributed by atoms with E-state index in [0.717, 1.165) is 18.9 Å². The van der Waals surface area contributed by atoms with Crippen LogP contribution in [0.1, 0.15) is 42.6 Å². The molecule has 1 N–H and O–H groups in total. The van der Waals surface area contributed by atoms with Gasteiger partial charge < -0.3 is 10.0 Å². The number of hydrogen-bond acceptors (Lipinski definition) is 2. The molecule has 0 unspecified atom stereocenters. The Kier molecular flexibility index (Phi) is 5.42. The summed E-state index contributed by atoms with van der Waals surface area (Å²) < 4.78 is 37.9. The maximum absolute atomic E-state index is 12.6. The topological polar surface area (TPSA) is 40.5 Å². The maximum Gasteiger partial charge on any atom is 0.416 e. The van der Waals surface area contributed by atoms with Crippen LogP contribution in [0, 0.1) is 0 Å². The normalized spacial score (nSPS) is 11.4. The minimum absolute atomic E-state index is 0.308. The summed E-state index contributed by atoms with van der Waals surface area (Å²) in [5, 5.41) is 9.13. The third kappa shape index (κ3) is 3.88. The highest BCUT2D eigenvalue weighted by Crippen LogP contribution is 2.33. The number of unbranched alkanes of at least 4 members (excludes halogenated alkanes) is 1. The van der Waals surface area contributed by atoms with E-state index >= 15 is 0 Å². The van der Waals surface area contributed by atoms with Crippen molar-refractivity contribution in [2.24, 2.45) is 0 Å². The lowest BCUT2D eigenvalue weighted by Crippen LogP contribution is -2.26. The number of carboxylic acids is 1. The molecule has 0 aliphatic heterocycles. The molecule has 1 aromatic carbocycles. The zero-order valence-electron chi connectivity index (χ0n) is 11.5. The Morgan fingerprint density at radius 2 is 1.95 bits per heavy atom. The number of rotatable bonds is 6. The Labute approximate surface area is 116 Å². The Morgan fingerprint density at radius 3 is 2.40 bits per heavy atom. The van der Waals surface area contributed by atoms with Crippen LogP contribution in [0.5, 0.6) is 0 Å². The van der Waals surface area contributed by atoms with E-state index in [2.05, 4.69) is 0 Å². The van der Waals surface area contributed by atoms with Crippen LogP contribution < -0.4 is 4.90 Å². The Bertz CT molecular complexity index is 472. The highest BCUT2D eigenvalue weighted by Gasteiger charge is 2.32. The van der Waals surface area contributed by atoms with E-state index in [-0.39, 0.29) is 5.56 Å². The van der Waals surface area contributed by atoms with E-state index in [1.165, 1.54) is 6.07 Å². The quantitative estimate of drug-likeness (QED) is 0.859. The molecule has 0 spiro atoms. The number of halogens is 3. The van der Waals surface area contributed by atoms with Crippen molar-refractivity contribution in [3.8, 4) is 0 Å². The number of anilines is 1. The number of hydrogen-bond donors (Lipinski definition) is 1. The molecule has 3 nitrogen and oxygen atoms in total. The smallest absolute Gasteiger partial charge is 0.416 e. The van der Waals surface area contributed by atoms with Crippen LogP contribution in [0.25, 0.3) is 0 Å². The van der Waals surface area contributed by atoms with Crippen molar-refractivity contribution in [3.63, 3.8) is 0 Å². The van der Waals surface area contributed by atoms with Gasteiger partial charge in [0.1, 0.15) is 0 Å². The van der Waals surface area contributed by atoms with Gasteiger partial charge in [-0.2, -0.15) is 13.2 Å². The summed E-state index contributed by atoms with van der Waals surface area (Å²) >= 11 is 0. The van der Waals surface area contributed by atoms with Crippen LogP contribution >= 0.6 is 0 Å². The molecule has 0 amide bonds. The highest BCUT2D eigenvalue weighted by molar-refractivity contribution is 5.94. The molecule has 0 aliphatic rings. The molecule has 0 saturated carbocycles. The van der Waals surface area contributed by atoms with Crippen molar-refractivity contribution >= 4 is 11.7 Å². The maximum atomic E-state index is 12.6. The second-order valence-electron chi connectivity index (χ2n) is 4.47. The summed E-state index contributed by atoms with van der Waals surface area (Å²) in [4.78, 5) is 13.0. The van der Waals surface area contributed by atoms with Gasteiger partial charge in [0.25, 0.3) is 0 Å². The molecule has 112 valence electrons. The number of benzene rings is 1. The molecule has 0 aliphatic carbocycles. The fourth-order valence-corrected chi connectivity index (χ4v) is 1.96. The van der Waals surface area contributed by atoms with E-state index < -0.39 is 17.7 Å². The summed E-state index contributed by atoms with van der Waals surface area (Å²) in [5.74, 6) is -1.35. The highest BCUT2D eigenvalue weighted by atomic mass is 19.4. The zero-order valence-corrected chi connectivity index (χ0v) is 11.5. The summed E-state index contributed by atoms with van der Waals surface area (Å²) in [7, 11) is 0. The molecule has 1 rings (SSSR count). The van der Waals surface area contributed by atoms with Crippen molar-refractivity contribution in [3.05, 3.63) is 29.3 Å². The molecule has 6 heteroatoms. The van der Waals surface area contributed by atoms with Crippen molar-refractivity contribution < 1.29 is 23.1 Å². The van der Waals surface area contributed by atoms with Gasteiger partial charge in [-0.25, -0.2) is 4.79 Å². The number of carboxylic acid groups (broad SMARTS) is 1. The van der Waals surface area contributed by atoms with Gasteiger partial charge >= 0.3 is 12.1 Å².